The second kappa shape index (κ2) is 7.82. The van der Waals surface area contributed by atoms with E-state index in [0.29, 0.717) is 17.2 Å². The molecule has 140 valence electrons. The predicted octanol–water partition coefficient (Wildman–Crippen LogP) is 2.89. The molecule has 7 nitrogen and oxygen atoms in total. The highest BCUT2D eigenvalue weighted by molar-refractivity contribution is 7.92. The van der Waals surface area contributed by atoms with E-state index in [1.54, 1.807) is 18.3 Å². The number of hydrogen-bond donors (Lipinski definition) is 1. The second-order valence-corrected chi connectivity index (χ2v) is 7.76. The Hall–Kier alpha value is -2.48. The van der Waals surface area contributed by atoms with Crippen molar-refractivity contribution in [2.75, 3.05) is 36.9 Å². The van der Waals surface area contributed by atoms with Crippen LogP contribution in [0.2, 0.25) is 0 Å². The minimum atomic E-state index is -3.75. The first-order valence-corrected chi connectivity index (χ1v) is 9.97. The molecule has 1 aliphatic rings. The van der Waals surface area contributed by atoms with Crippen LogP contribution in [0, 0.1) is 0 Å². The Labute approximate surface area is 154 Å². The maximum Gasteiger partial charge on any atom is 0.262 e. The van der Waals surface area contributed by atoms with Crippen molar-refractivity contribution in [3.05, 3.63) is 36.5 Å². The van der Waals surface area contributed by atoms with Crippen LogP contribution in [0.1, 0.15) is 19.3 Å². The standard InChI is InChI=1S/C18H23N3O4S/c1-24-16-8-7-15(12-17(16)25-2)26(22,23)20-14-6-9-18(19-13-14)21-10-4-3-5-11-21/h6-9,12-13,20H,3-5,10-11H2,1-2H3. The summed E-state index contributed by atoms with van der Waals surface area (Å²) in [4.78, 5) is 6.71. The van der Waals surface area contributed by atoms with Gasteiger partial charge in [-0.25, -0.2) is 13.4 Å². The van der Waals surface area contributed by atoms with Crippen LogP contribution >= 0.6 is 0 Å². The Morgan fingerprint density at radius 1 is 1.00 bits per heavy atom. The number of methoxy groups -OCH3 is 2. The number of sulfonamides is 1. The molecular formula is C18H23N3O4S. The lowest BCUT2D eigenvalue weighted by Crippen LogP contribution is -2.30. The molecule has 0 amide bonds. The van der Waals surface area contributed by atoms with Gasteiger partial charge < -0.3 is 14.4 Å². The van der Waals surface area contributed by atoms with E-state index < -0.39 is 10.0 Å². The smallest absolute Gasteiger partial charge is 0.262 e. The van der Waals surface area contributed by atoms with E-state index in [4.69, 9.17) is 9.47 Å². The van der Waals surface area contributed by atoms with Gasteiger partial charge in [-0.15, -0.1) is 0 Å². The summed E-state index contributed by atoms with van der Waals surface area (Å²) < 4.78 is 38.1. The largest absolute Gasteiger partial charge is 0.493 e. The van der Waals surface area contributed by atoms with Crippen LogP contribution in [0.5, 0.6) is 11.5 Å². The molecule has 0 spiro atoms. The summed E-state index contributed by atoms with van der Waals surface area (Å²) in [5, 5.41) is 0. The predicted molar refractivity (Wildman–Crippen MR) is 101 cm³/mol. The molecular weight excluding hydrogens is 354 g/mol. The molecule has 2 heterocycles. The molecule has 8 heteroatoms. The summed E-state index contributed by atoms with van der Waals surface area (Å²) in [6.45, 7) is 1.98. The Bertz CT molecular complexity index is 847. The summed E-state index contributed by atoms with van der Waals surface area (Å²) in [5.74, 6) is 1.70. The highest BCUT2D eigenvalue weighted by Gasteiger charge is 2.18. The summed E-state index contributed by atoms with van der Waals surface area (Å²) in [6, 6.07) is 8.04. The van der Waals surface area contributed by atoms with Gasteiger partial charge in [0.15, 0.2) is 11.5 Å². The third kappa shape index (κ3) is 4.01. The van der Waals surface area contributed by atoms with Gasteiger partial charge in [0.2, 0.25) is 0 Å². The van der Waals surface area contributed by atoms with Crippen molar-refractivity contribution in [1.29, 1.82) is 0 Å². The average molecular weight is 377 g/mol. The average Bonchev–Trinajstić information content (AvgIpc) is 2.68. The van der Waals surface area contributed by atoms with Gasteiger partial charge in [0.05, 0.1) is 31.0 Å². The van der Waals surface area contributed by atoms with Crippen molar-refractivity contribution >= 4 is 21.5 Å². The second-order valence-electron chi connectivity index (χ2n) is 6.08. The number of anilines is 2. The van der Waals surface area contributed by atoms with Gasteiger partial charge in [0, 0.05) is 19.2 Å². The SMILES string of the molecule is COc1ccc(S(=O)(=O)Nc2ccc(N3CCCCC3)nc2)cc1OC. The molecule has 0 unspecified atom stereocenters. The van der Waals surface area contributed by atoms with Gasteiger partial charge in [-0.1, -0.05) is 0 Å². The molecule has 1 aromatic heterocycles. The lowest BCUT2D eigenvalue weighted by molar-refractivity contribution is 0.354. The number of rotatable bonds is 6. The number of ether oxygens (including phenoxy) is 2. The Balaban J connectivity index is 1.76. The van der Waals surface area contributed by atoms with Crippen molar-refractivity contribution < 1.29 is 17.9 Å². The molecule has 1 saturated heterocycles. The van der Waals surface area contributed by atoms with E-state index in [-0.39, 0.29) is 4.90 Å². The molecule has 1 fully saturated rings. The van der Waals surface area contributed by atoms with E-state index in [0.717, 1.165) is 31.7 Å². The fraction of sp³-hybridized carbons (Fsp3) is 0.389. The molecule has 0 atom stereocenters. The molecule has 1 N–H and O–H groups in total. The van der Waals surface area contributed by atoms with Crippen LogP contribution in [0.4, 0.5) is 11.5 Å². The van der Waals surface area contributed by atoms with Crippen molar-refractivity contribution in [2.24, 2.45) is 0 Å². The lowest BCUT2D eigenvalue weighted by atomic mass is 10.1. The van der Waals surface area contributed by atoms with Gasteiger partial charge in [-0.2, -0.15) is 0 Å². The number of nitrogens with zero attached hydrogens (tertiary/aromatic N) is 2. The van der Waals surface area contributed by atoms with Crippen LogP contribution in [0.25, 0.3) is 0 Å². The fourth-order valence-corrected chi connectivity index (χ4v) is 4.01. The molecule has 0 aliphatic carbocycles. The minimum Gasteiger partial charge on any atom is -0.493 e. The number of nitrogens with one attached hydrogen (secondary N) is 1. The molecule has 0 radical (unpaired) electrons. The molecule has 1 aliphatic heterocycles. The third-order valence-corrected chi connectivity index (χ3v) is 5.72. The zero-order chi connectivity index (χ0) is 18.6. The first-order chi connectivity index (χ1) is 12.5. The maximum atomic E-state index is 12.6. The first-order valence-electron chi connectivity index (χ1n) is 8.49. The van der Waals surface area contributed by atoms with Crippen molar-refractivity contribution in [2.45, 2.75) is 24.2 Å². The Morgan fingerprint density at radius 3 is 2.35 bits per heavy atom. The van der Waals surface area contributed by atoms with E-state index >= 15 is 0 Å². The van der Waals surface area contributed by atoms with E-state index in [1.165, 1.54) is 32.8 Å². The Kier molecular flexibility index (Phi) is 5.51. The highest BCUT2D eigenvalue weighted by atomic mass is 32.2. The lowest BCUT2D eigenvalue weighted by Gasteiger charge is -2.27. The highest BCUT2D eigenvalue weighted by Crippen LogP contribution is 2.30. The van der Waals surface area contributed by atoms with Crippen molar-refractivity contribution in [3.8, 4) is 11.5 Å². The van der Waals surface area contributed by atoms with E-state index in [9.17, 15) is 8.42 Å². The number of hydrogen-bond acceptors (Lipinski definition) is 6. The van der Waals surface area contributed by atoms with Crippen molar-refractivity contribution in [1.82, 2.24) is 4.98 Å². The molecule has 26 heavy (non-hydrogen) atoms. The van der Waals surface area contributed by atoms with E-state index in [1.807, 2.05) is 6.07 Å². The van der Waals surface area contributed by atoms with Gasteiger partial charge in [0.1, 0.15) is 5.82 Å². The monoisotopic (exact) mass is 377 g/mol. The maximum absolute atomic E-state index is 12.6. The van der Waals surface area contributed by atoms with Crippen LogP contribution in [0.3, 0.4) is 0 Å². The third-order valence-electron chi connectivity index (χ3n) is 4.35. The molecule has 2 aromatic rings. The molecule has 1 aromatic carbocycles. The normalized spacial score (nSPS) is 14.8. The van der Waals surface area contributed by atoms with Crippen LogP contribution in [0.15, 0.2) is 41.4 Å². The molecule has 3 rings (SSSR count). The topological polar surface area (TPSA) is 80.8 Å². The first kappa shape index (κ1) is 18.3. The van der Waals surface area contributed by atoms with Crippen LogP contribution < -0.4 is 19.1 Å². The quantitative estimate of drug-likeness (QED) is 0.834. The summed E-state index contributed by atoms with van der Waals surface area (Å²) in [5.41, 5.74) is 0.417. The van der Waals surface area contributed by atoms with Crippen LogP contribution in [-0.2, 0) is 10.0 Å². The zero-order valence-corrected chi connectivity index (χ0v) is 15.8. The Morgan fingerprint density at radius 2 is 1.73 bits per heavy atom. The molecule has 0 saturated carbocycles. The van der Waals surface area contributed by atoms with Gasteiger partial charge in [-0.05, 0) is 43.5 Å². The van der Waals surface area contributed by atoms with Gasteiger partial charge in [0.25, 0.3) is 10.0 Å². The summed E-state index contributed by atoms with van der Waals surface area (Å²) in [6.07, 6.45) is 5.12. The number of pyridine rings is 1. The fourth-order valence-electron chi connectivity index (χ4n) is 2.95. The van der Waals surface area contributed by atoms with E-state index in [2.05, 4.69) is 14.6 Å². The number of aromatic nitrogens is 1. The van der Waals surface area contributed by atoms with Gasteiger partial charge in [-0.3, -0.25) is 4.72 Å². The van der Waals surface area contributed by atoms with Crippen molar-refractivity contribution in [3.63, 3.8) is 0 Å². The minimum absolute atomic E-state index is 0.0928. The summed E-state index contributed by atoms with van der Waals surface area (Å²) >= 11 is 0. The molecule has 0 bridgehead atoms. The number of piperidine rings is 1. The van der Waals surface area contributed by atoms with Crippen LogP contribution in [-0.4, -0.2) is 40.7 Å². The van der Waals surface area contributed by atoms with Gasteiger partial charge >= 0.3 is 0 Å². The summed E-state index contributed by atoms with van der Waals surface area (Å²) in [7, 11) is -0.785. The zero-order valence-electron chi connectivity index (χ0n) is 14.9. The number of benzene rings is 1.